The molecule has 0 saturated carbocycles. The molecule has 0 aliphatic heterocycles. The van der Waals surface area contributed by atoms with E-state index in [1.807, 2.05) is 0 Å². The SMILES string of the molecule is C=CCc1cc(C(=O)O)cc(CC=C)c1O. The van der Waals surface area contributed by atoms with Gasteiger partial charge in [-0.25, -0.2) is 4.79 Å². The van der Waals surface area contributed by atoms with Crippen LogP contribution in [-0.2, 0) is 12.8 Å². The van der Waals surface area contributed by atoms with Gasteiger partial charge in [-0.05, 0) is 36.1 Å². The quantitative estimate of drug-likeness (QED) is 0.747. The van der Waals surface area contributed by atoms with Crippen molar-refractivity contribution in [2.45, 2.75) is 12.8 Å². The van der Waals surface area contributed by atoms with Crippen molar-refractivity contribution in [3.05, 3.63) is 54.1 Å². The molecule has 84 valence electrons. The van der Waals surface area contributed by atoms with Crippen molar-refractivity contribution in [2.75, 3.05) is 0 Å². The van der Waals surface area contributed by atoms with Crippen molar-refractivity contribution < 1.29 is 15.0 Å². The van der Waals surface area contributed by atoms with Gasteiger partial charge in [-0.1, -0.05) is 12.2 Å². The van der Waals surface area contributed by atoms with Gasteiger partial charge < -0.3 is 10.2 Å². The molecule has 0 amide bonds. The summed E-state index contributed by atoms with van der Waals surface area (Å²) in [5.74, 6) is -0.875. The Morgan fingerprint density at radius 2 is 1.62 bits per heavy atom. The number of allylic oxidation sites excluding steroid dienone is 2. The molecule has 0 spiro atoms. The second-order valence-electron chi connectivity index (χ2n) is 3.43. The lowest BCUT2D eigenvalue weighted by Crippen LogP contribution is -2.00. The standard InChI is InChI=1S/C13H14O3/c1-3-5-9-7-11(13(15)16)8-10(6-4-2)12(9)14/h3-4,7-8,14H,1-2,5-6H2,(H,15,16). The summed E-state index contributed by atoms with van der Waals surface area (Å²) in [5.41, 5.74) is 1.32. The molecule has 0 saturated heterocycles. The summed E-state index contributed by atoms with van der Waals surface area (Å²) in [6, 6.07) is 2.93. The van der Waals surface area contributed by atoms with E-state index >= 15 is 0 Å². The van der Waals surface area contributed by atoms with Gasteiger partial charge in [0.25, 0.3) is 0 Å². The molecular weight excluding hydrogens is 204 g/mol. The molecule has 16 heavy (non-hydrogen) atoms. The average molecular weight is 218 g/mol. The highest BCUT2D eigenvalue weighted by molar-refractivity contribution is 5.88. The second kappa shape index (κ2) is 5.16. The number of hydrogen-bond donors (Lipinski definition) is 2. The maximum atomic E-state index is 10.9. The Morgan fingerprint density at radius 3 is 1.94 bits per heavy atom. The minimum Gasteiger partial charge on any atom is -0.507 e. The Balaban J connectivity index is 3.31. The Kier molecular flexibility index (Phi) is 3.89. The first-order valence-corrected chi connectivity index (χ1v) is 4.90. The van der Waals surface area contributed by atoms with Gasteiger partial charge in [0.2, 0.25) is 0 Å². The molecule has 1 rings (SSSR count). The van der Waals surface area contributed by atoms with E-state index in [4.69, 9.17) is 5.11 Å². The highest BCUT2D eigenvalue weighted by Crippen LogP contribution is 2.26. The number of carbonyl (C=O) groups is 1. The monoisotopic (exact) mass is 218 g/mol. The number of rotatable bonds is 5. The fraction of sp³-hybridized carbons (Fsp3) is 0.154. The van der Waals surface area contributed by atoms with Crippen LogP contribution < -0.4 is 0 Å². The first kappa shape index (κ1) is 12.0. The Morgan fingerprint density at radius 1 is 1.19 bits per heavy atom. The van der Waals surface area contributed by atoms with E-state index in [0.29, 0.717) is 24.0 Å². The topological polar surface area (TPSA) is 57.5 Å². The predicted octanol–water partition coefficient (Wildman–Crippen LogP) is 2.55. The largest absolute Gasteiger partial charge is 0.507 e. The van der Waals surface area contributed by atoms with Crippen LogP contribution in [0.2, 0.25) is 0 Å². The maximum absolute atomic E-state index is 10.9. The summed E-state index contributed by atoms with van der Waals surface area (Å²) in [7, 11) is 0. The third kappa shape index (κ3) is 2.51. The zero-order chi connectivity index (χ0) is 12.1. The van der Waals surface area contributed by atoms with E-state index in [2.05, 4.69) is 13.2 Å². The lowest BCUT2D eigenvalue weighted by atomic mass is 10.00. The van der Waals surface area contributed by atoms with E-state index in [9.17, 15) is 9.90 Å². The summed E-state index contributed by atoms with van der Waals surface area (Å²) < 4.78 is 0. The fourth-order valence-electron chi connectivity index (χ4n) is 1.51. The number of carboxylic acids is 1. The van der Waals surface area contributed by atoms with Gasteiger partial charge in [0, 0.05) is 0 Å². The lowest BCUT2D eigenvalue weighted by molar-refractivity contribution is 0.0696. The molecule has 0 bridgehead atoms. The zero-order valence-corrected chi connectivity index (χ0v) is 8.94. The van der Waals surface area contributed by atoms with E-state index in [-0.39, 0.29) is 11.3 Å². The molecule has 0 radical (unpaired) electrons. The molecule has 2 N–H and O–H groups in total. The first-order valence-electron chi connectivity index (χ1n) is 4.90. The number of phenolic OH excluding ortho intramolecular Hbond substituents is 1. The molecule has 0 unspecified atom stereocenters. The molecule has 0 atom stereocenters. The van der Waals surface area contributed by atoms with Crippen LogP contribution in [0.3, 0.4) is 0 Å². The number of aromatic hydroxyl groups is 1. The van der Waals surface area contributed by atoms with E-state index < -0.39 is 5.97 Å². The summed E-state index contributed by atoms with van der Waals surface area (Å²) in [4.78, 5) is 10.9. The molecule has 1 aromatic rings. The van der Waals surface area contributed by atoms with Gasteiger partial charge >= 0.3 is 5.97 Å². The highest BCUT2D eigenvalue weighted by atomic mass is 16.4. The minimum atomic E-state index is -1.00. The molecule has 0 aliphatic rings. The van der Waals surface area contributed by atoms with Gasteiger partial charge in [0.05, 0.1) is 5.56 Å². The van der Waals surface area contributed by atoms with Gasteiger partial charge in [-0.2, -0.15) is 0 Å². The van der Waals surface area contributed by atoms with E-state index in [0.717, 1.165) is 0 Å². The lowest BCUT2D eigenvalue weighted by Gasteiger charge is -2.09. The van der Waals surface area contributed by atoms with Crippen LogP contribution in [0.1, 0.15) is 21.5 Å². The molecule has 0 fully saturated rings. The van der Waals surface area contributed by atoms with Crippen LogP contribution in [0, 0.1) is 0 Å². The van der Waals surface area contributed by atoms with E-state index in [1.54, 1.807) is 12.2 Å². The van der Waals surface area contributed by atoms with Crippen molar-refractivity contribution in [3.63, 3.8) is 0 Å². The molecule has 3 heteroatoms. The fourth-order valence-corrected chi connectivity index (χ4v) is 1.51. The van der Waals surface area contributed by atoms with Crippen LogP contribution in [0.5, 0.6) is 5.75 Å². The van der Waals surface area contributed by atoms with Crippen LogP contribution in [0.15, 0.2) is 37.4 Å². The van der Waals surface area contributed by atoms with Crippen LogP contribution >= 0.6 is 0 Å². The summed E-state index contributed by atoms with van der Waals surface area (Å²) in [6.07, 6.45) is 4.13. The number of carboxylic acid groups (broad SMARTS) is 1. The number of hydrogen-bond acceptors (Lipinski definition) is 2. The van der Waals surface area contributed by atoms with Crippen LogP contribution in [-0.4, -0.2) is 16.2 Å². The smallest absolute Gasteiger partial charge is 0.335 e. The van der Waals surface area contributed by atoms with Gasteiger partial charge in [-0.3, -0.25) is 0 Å². The maximum Gasteiger partial charge on any atom is 0.335 e. The van der Waals surface area contributed by atoms with Crippen molar-refractivity contribution in [1.82, 2.24) is 0 Å². The first-order chi connectivity index (χ1) is 7.60. The minimum absolute atomic E-state index is 0.129. The Labute approximate surface area is 94.4 Å². The molecular formula is C13H14O3. The molecule has 1 aromatic carbocycles. The average Bonchev–Trinajstić information content (AvgIpc) is 2.24. The summed E-state index contributed by atoms with van der Waals surface area (Å²) >= 11 is 0. The third-order valence-corrected chi connectivity index (χ3v) is 2.24. The second-order valence-corrected chi connectivity index (χ2v) is 3.43. The highest BCUT2D eigenvalue weighted by Gasteiger charge is 2.11. The van der Waals surface area contributed by atoms with Gasteiger partial charge in [0.1, 0.15) is 5.75 Å². The van der Waals surface area contributed by atoms with Crippen LogP contribution in [0.4, 0.5) is 0 Å². The normalized spacial score (nSPS) is 9.75. The van der Waals surface area contributed by atoms with Crippen LogP contribution in [0.25, 0.3) is 0 Å². The molecule has 0 aromatic heterocycles. The summed E-state index contributed by atoms with van der Waals surface area (Å²) in [5, 5.41) is 18.8. The van der Waals surface area contributed by atoms with Gasteiger partial charge in [-0.15, -0.1) is 13.2 Å². The zero-order valence-electron chi connectivity index (χ0n) is 8.94. The van der Waals surface area contributed by atoms with Crippen molar-refractivity contribution in [1.29, 1.82) is 0 Å². The number of benzene rings is 1. The third-order valence-electron chi connectivity index (χ3n) is 2.24. The summed E-state index contributed by atoms with van der Waals surface area (Å²) in [6.45, 7) is 7.14. The van der Waals surface area contributed by atoms with Crippen molar-refractivity contribution >= 4 is 5.97 Å². The molecule has 3 nitrogen and oxygen atoms in total. The number of aromatic carboxylic acids is 1. The predicted molar refractivity (Wildman–Crippen MR) is 62.9 cm³/mol. The Bertz CT molecular complexity index is 402. The van der Waals surface area contributed by atoms with Gasteiger partial charge in [0.15, 0.2) is 0 Å². The number of phenols is 1. The molecule has 0 aliphatic carbocycles. The van der Waals surface area contributed by atoms with Crippen molar-refractivity contribution in [2.24, 2.45) is 0 Å². The Hall–Kier alpha value is -2.03. The van der Waals surface area contributed by atoms with E-state index in [1.165, 1.54) is 12.1 Å². The van der Waals surface area contributed by atoms with Crippen molar-refractivity contribution in [3.8, 4) is 5.75 Å². The molecule has 0 heterocycles.